The molecular weight excluding hydrogens is 392 g/mol. The van der Waals surface area contributed by atoms with Crippen LogP contribution in [0.1, 0.15) is 0 Å². The molecule has 0 atom stereocenters. The average molecular weight is 417 g/mol. The lowest BCUT2D eigenvalue weighted by Crippen LogP contribution is -2.39. The molecule has 0 spiro atoms. The highest BCUT2D eigenvalue weighted by Crippen LogP contribution is 2.37. The molecule has 0 amide bonds. The molecule has 3 heterocycles. The predicted molar refractivity (Wildman–Crippen MR) is 124 cm³/mol. The molecule has 0 unspecified atom stereocenters. The third-order valence-electron chi connectivity index (χ3n) is 5.50. The second-order valence-corrected chi connectivity index (χ2v) is 8.23. The number of benzene rings is 2. The second kappa shape index (κ2) is 8.92. The molecule has 2 aromatic carbocycles. The number of fused-ring (bicyclic) bond motifs is 1. The van der Waals surface area contributed by atoms with Crippen molar-refractivity contribution in [2.75, 3.05) is 44.7 Å². The molecule has 1 fully saturated rings. The number of ether oxygens (including phenoxy) is 1. The number of hydrogen-bond acceptors (Lipinski definition) is 6. The minimum absolute atomic E-state index is 0.825. The number of anilines is 1. The van der Waals surface area contributed by atoms with E-state index < -0.39 is 0 Å². The summed E-state index contributed by atoms with van der Waals surface area (Å²) in [7, 11) is 0. The van der Waals surface area contributed by atoms with Crippen LogP contribution in [-0.2, 0) is 4.74 Å². The first-order chi connectivity index (χ1) is 14.9. The molecule has 0 saturated carbocycles. The van der Waals surface area contributed by atoms with Crippen molar-refractivity contribution in [2.24, 2.45) is 0 Å². The van der Waals surface area contributed by atoms with E-state index in [0.29, 0.717) is 0 Å². The maximum absolute atomic E-state index is 5.43. The maximum Gasteiger partial charge on any atom is 0.138 e. The topological polar surface area (TPSA) is 50.3 Å². The van der Waals surface area contributed by atoms with Crippen molar-refractivity contribution in [1.82, 2.24) is 14.9 Å². The van der Waals surface area contributed by atoms with Crippen molar-refractivity contribution in [1.29, 1.82) is 0 Å². The van der Waals surface area contributed by atoms with Crippen LogP contribution in [0.4, 0.5) is 5.82 Å². The lowest BCUT2D eigenvalue weighted by molar-refractivity contribution is 0.0398. The van der Waals surface area contributed by atoms with Crippen LogP contribution in [0.2, 0.25) is 0 Å². The van der Waals surface area contributed by atoms with Gasteiger partial charge in [-0.15, -0.1) is 11.3 Å². The van der Waals surface area contributed by atoms with Crippen molar-refractivity contribution in [3.63, 3.8) is 0 Å². The van der Waals surface area contributed by atoms with Crippen LogP contribution in [0.5, 0.6) is 0 Å². The van der Waals surface area contributed by atoms with Gasteiger partial charge in [0.05, 0.1) is 18.6 Å². The number of aromatic nitrogens is 2. The standard InChI is InChI=1S/C24H24N4OS/c1-2-4-18(5-3-1)19-6-8-20(9-7-19)21-16-30-24-22(21)23(26-17-27-24)25-10-11-28-12-14-29-15-13-28/h1-9,16-17H,10-15H2,(H,25,26,27). The minimum atomic E-state index is 0.825. The Morgan fingerprint density at radius 2 is 1.63 bits per heavy atom. The summed E-state index contributed by atoms with van der Waals surface area (Å²) in [6, 6.07) is 19.2. The number of nitrogens with zero attached hydrogens (tertiary/aromatic N) is 3. The fourth-order valence-electron chi connectivity index (χ4n) is 3.85. The van der Waals surface area contributed by atoms with Gasteiger partial charge in [0, 0.05) is 37.1 Å². The Balaban J connectivity index is 1.38. The summed E-state index contributed by atoms with van der Waals surface area (Å²) in [5, 5.41) is 6.83. The molecule has 0 bridgehead atoms. The molecule has 30 heavy (non-hydrogen) atoms. The van der Waals surface area contributed by atoms with E-state index in [2.05, 4.69) is 74.1 Å². The van der Waals surface area contributed by atoms with Gasteiger partial charge in [0.25, 0.3) is 0 Å². The van der Waals surface area contributed by atoms with E-state index in [0.717, 1.165) is 55.4 Å². The number of nitrogens with one attached hydrogen (secondary N) is 1. The first-order valence-corrected chi connectivity index (χ1v) is 11.2. The fraction of sp³-hybridized carbons (Fsp3) is 0.250. The van der Waals surface area contributed by atoms with Gasteiger partial charge in [0.2, 0.25) is 0 Å². The summed E-state index contributed by atoms with van der Waals surface area (Å²) in [5.74, 6) is 0.914. The van der Waals surface area contributed by atoms with Crippen LogP contribution in [0.25, 0.3) is 32.5 Å². The predicted octanol–water partition coefficient (Wildman–Crippen LogP) is 4.77. The van der Waals surface area contributed by atoms with E-state index in [1.54, 1.807) is 17.7 Å². The first-order valence-electron chi connectivity index (χ1n) is 10.3. The molecule has 0 aliphatic carbocycles. The van der Waals surface area contributed by atoms with Gasteiger partial charge in [-0.05, 0) is 16.7 Å². The Kier molecular flexibility index (Phi) is 5.70. The van der Waals surface area contributed by atoms with Crippen molar-refractivity contribution >= 4 is 27.4 Å². The van der Waals surface area contributed by atoms with E-state index in [-0.39, 0.29) is 0 Å². The zero-order valence-corrected chi connectivity index (χ0v) is 17.6. The second-order valence-electron chi connectivity index (χ2n) is 7.38. The van der Waals surface area contributed by atoms with Gasteiger partial charge < -0.3 is 10.1 Å². The van der Waals surface area contributed by atoms with Gasteiger partial charge in [-0.2, -0.15) is 0 Å². The van der Waals surface area contributed by atoms with E-state index in [4.69, 9.17) is 4.74 Å². The van der Waals surface area contributed by atoms with Gasteiger partial charge in [-0.1, -0.05) is 54.6 Å². The van der Waals surface area contributed by atoms with Crippen molar-refractivity contribution < 1.29 is 4.74 Å². The molecule has 1 aliphatic heterocycles. The Morgan fingerprint density at radius 3 is 2.43 bits per heavy atom. The summed E-state index contributed by atoms with van der Waals surface area (Å²) in [6.07, 6.45) is 1.65. The van der Waals surface area contributed by atoms with Crippen LogP contribution < -0.4 is 5.32 Å². The Labute approximate surface area is 180 Å². The molecular formula is C24H24N4OS. The summed E-state index contributed by atoms with van der Waals surface area (Å²) in [6.45, 7) is 5.49. The van der Waals surface area contributed by atoms with E-state index in [1.165, 1.54) is 22.3 Å². The zero-order valence-electron chi connectivity index (χ0n) is 16.8. The van der Waals surface area contributed by atoms with E-state index >= 15 is 0 Å². The maximum atomic E-state index is 5.43. The lowest BCUT2D eigenvalue weighted by Gasteiger charge is -2.26. The van der Waals surface area contributed by atoms with Crippen LogP contribution >= 0.6 is 11.3 Å². The number of morpholine rings is 1. The molecule has 1 N–H and O–H groups in total. The molecule has 4 aromatic rings. The Bertz CT molecular complexity index is 1110. The van der Waals surface area contributed by atoms with Crippen LogP contribution in [-0.4, -0.2) is 54.3 Å². The van der Waals surface area contributed by atoms with Gasteiger partial charge in [0.1, 0.15) is 17.0 Å². The van der Waals surface area contributed by atoms with Gasteiger partial charge in [-0.3, -0.25) is 4.90 Å². The molecule has 1 saturated heterocycles. The summed E-state index contributed by atoms with van der Waals surface area (Å²) < 4.78 is 5.43. The van der Waals surface area contributed by atoms with Crippen LogP contribution in [0, 0.1) is 0 Å². The summed E-state index contributed by atoms with van der Waals surface area (Å²) in [4.78, 5) is 12.5. The van der Waals surface area contributed by atoms with Crippen LogP contribution in [0.3, 0.4) is 0 Å². The summed E-state index contributed by atoms with van der Waals surface area (Å²) >= 11 is 1.67. The van der Waals surface area contributed by atoms with E-state index in [9.17, 15) is 0 Å². The average Bonchev–Trinajstić information content (AvgIpc) is 3.26. The first kappa shape index (κ1) is 19.2. The lowest BCUT2D eigenvalue weighted by atomic mass is 10.0. The third kappa shape index (κ3) is 4.07. The third-order valence-corrected chi connectivity index (χ3v) is 6.38. The van der Waals surface area contributed by atoms with Crippen molar-refractivity contribution in [3.05, 3.63) is 66.3 Å². The fourth-order valence-corrected chi connectivity index (χ4v) is 4.77. The highest BCUT2D eigenvalue weighted by Gasteiger charge is 2.14. The molecule has 6 heteroatoms. The highest BCUT2D eigenvalue weighted by atomic mass is 32.1. The number of rotatable bonds is 6. The Hall–Kier alpha value is -2.80. The normalized spacial score (nSPS) is 14.8. The molecule has 0 radical (unpaired) electrons. The largest absolute Gasteiger partial charge is 0.379 e. The zero-order chi connectivity index (χ0) is 20.2. The molecule has 5 rings (SSSR count). The van der Waals surface area contributed by atoms with Crippen molar-refractivity contribution in [3.8, 4) is 22.3 Å². The highest BCUT2D eigenvalue weighted by molar-refractivity contribution is 7.17. The number of thiophene rings is 1. The van der Waals surface area contributed by atoms with Crippen LogP contribution in [0.15, 0.2) is 66.3 Å². The molecule has 5 nitrogen and oxygen atoms in total. The van der Waals surface area contributed by atoms with Gasteiger partial charge >= 0.3 is 0 Å². The Morgan fingerprint density at radius 1 is 0.900 bits per heavy atom. The minimum Gasteiger partial charge on any atom is -0.379 e. The molecule has 152 valence electrons. The summed E-state index contributed by atoms with van der Waals surface area (Å²) in [5.41, 5.74) is 4.82. The molecule has 2 aromatic heterocycles. The van der Waals surface area contributed by atoms with Gasteiger partial charge in [0.15, 0.2) is 0 Å². The number of hydrogen-bond donors (Lipinski definition) is 1. The van der Waals surface area contributed by atoms with Crippen molar-refractivity contribution in [2.45, 2.75) is 0 Å². The smallest absolute Gasteiger partial charge is 0.138 e. The van der Waals surface area contributed by atoms with Gasteiger partial charge in [-0.25, -0.2) is 9.97 Å². The monoisotopic (exact) mass is 416 g/mol. The van der Waals surface area contributed by atoms with E-state index in [1.807, 2.05) is 6.07 Å². The SMILES string of the molecule is c1ccc(-c2ccc(-c3csc4ncnc(NCCN5CCOCC5)c34)cc2)cc1. The molecule has 1 aliphatic rings. The quantitative estimate of drug-likeness (QED) is 0.491.